The summed E-state index contributed by atoms with van der Waals surface area (Å²) in [6.07, 6.45) is 0. The summed E-state index contributed by atoms with van der Waals surface area (Å²) in [5.41, 5.74) is -0.0708. The summed E-state index contributed by atoms with van der Waals surface area (Å²) in [6.45, 7) is 2.77. The van der Waals surface area contributed by atoms with E-state index < -0.39 is 30.2 Å². The number of rotatable bonds is 4. The fraction of sp³-hybridized carbons (Fsp3) is 0.333. The number of hydrogen-bond donors (Lipinski definition) is 2. The lowest BCUT2D eigenvalue weighted by atomic mass is 10.3. The van der Waals surface area contributed by atoms with E-state index in [0.717, 1.165) is 17.0 Å². The van der Waals surface area contributed by atoms with Crippen LogP contribution in [0.4, 0.5) is 19.3 Å². The second-order valence-corrected chi connectivity index (χ2v) is 4.20. The van der Waals surface area contributed by atoms with E-state index in [4.69, 9.17) is 5.11 Å². The third kappa shape index (κ3) is 4.53. The van der Waals surface area contributed by atoms with Crippen LogP contribution in [-0.2, 0) is 4.79 Å². The smallest absolute Gasteiger partial charge is 0.323 e. The number of amides is 2. The topological polar surface area (TPSA) is 69.6 Å². The van der Waals surface area contributed by atoms with Crippen LogP contribution in [-0.4, -0.2) is 34.6 Å². The minimum absolute atomic E-state index is 0.0708. The van der Waals surface area contributed by atoms with E-state index >= 15 is 0 Å². The van der Waals surface area contributed by atoms with Crippen molar-refractivity contribution in [2.24, 2.45) is 0 Å². The molecule has 0 heterocycles. The molecule has 104 valence electrons. The number of carboxylic acids is 1. The van der Waals surface area contributed by atoms with Gasteiger partial charge in [-0.25, -0.2) is 13.6 Å². The number of nitrogens with zero attached hydrogens (tertiary/aromatic N) is 1. The van der Waals surface area contributed by atoms with Crippen molar-refractivity contribution >= 4 is 17.7 Å². The first-order valence-electron chi connectivity index (χ1n) is 5.55. The quantitative estimate of drug-likeness (QED) is 0.883. The molecule has 0 aliphatic heterocycles. The predicted molar refractivity (Wildman–Crippen MR) is 64.9 cm³/mol. The van der Waals surface area contributed by atoms with Gasteiger partial charge in [-0.3, -0.25) is 4.79 Å². The van der Waals surface area contributed by atoms with Crippen LogP contribution in [0.15, 0.2) is 18.2 Å². The van der Waals surface area contributed by atoms with Crippen LogP contribution in [0.3, 0.4) is 0 Å². The van der Waals surface area contributed by atoms with Gasteiger partial charge in [-0.15, -0.1) is 0 Å². The Balaban J connectivity index is 2.83. The molecular formula is C12H14F2N2O3. The predicted octanol–water partition coefficient (Wildman–Crippen LogP) is 2.29. The molecule has 7 heteroatoms. The van der Waals surface area contributed by atoms with Crippen LogP contribution < -0.4 is 5.32 Å². The molecule has 1 rings (SSSR count). The monoisotopic (exact) mass is 272 g/mol. The number of hydrogen-bond acceptors (Lipinski definition) is 2. The fourth-order valence-electron chi connectivity index (χ4n) is 1.46. The molecule has 2 amide bonds. The minimum Gasteiger partial charge on any atom is -0.480 e. The molecule has 0 saturated heterocycles. The molecule has 0 spiro atoms. The molecule has 2 N–H and O–H groups in total. The highest BCUT2D eigenvalue weighted by atomic mass is 19.1. The third-order valence-electron chi connectivity index (χ3n) is 2.30. The number of aliphatic carboxylic acids is 1. The van der Waals surface area contributed by atoms with Gasteiger partial charge < -0.3 is 15.3 Å². The van der Waals surface area contributed by atoms with Gasteiger partial charge in [0.25, 0.3) is 0 Å². The number of nitrogens with one attached hydrogen (secondary N) is 1. The molecule has 0 saturated carbocycles. The van der Waals surface area contributed by atoms with Crippen LogP contribution in [0.2, 0.25) is 0 Å². The summed E-state index contributed by atoms with van der Waals surface area (Å²) in [4.78, 5) is 23.5. The maximum Gasteiger partial charge on any atom is 0.323 e. The Bertz CT molecular complexity index is 472. The Morgan fingerprint density at radius 2 is 1.79 bits per heavy atom. The van der Waals surface area contributed by atoms with Gasteiger partial charge in [0.1, 0.15) is 18.2 Å². The number of anilines is 1. The van der Waals surface area contributed by atoms with Gasteiger partial charge in [-0.1, -0.05) is 0 Å². The number of carbonyl (C=O) groups is 2. The van der Waals surface area contributed by atoms with Gasteiger partial charge >= 0.3 is 12.0 Å². The van der Waals surface area contributed by atoms with Crippen molar-refractivity contribution in [1.29, 1.82) is 0 Å². The summed E-state index contributed by atoms with van der Waals surface area (Å²) >= 11 is 0. The van der Waals surface area contributed by atoms with E-state index in [1.807, 2.05) is 0 Å². The van der Waals surface area contributed by atoms with E-state index in [-0.39, 0.29) is 11.7 Å². The van der Waals surface area contributed by atoms with Gasteiger partial charge in [0.05, 0.1) is 0 Å². The van der Waals surface area contributed by atoms with Crippen molar-refractivity contribution in [2.75, 3.05) is 11.9 Å². The van der Waals surface area contributed by atoms with Crippen LogP contribution in [0.1, 0.15) is 13.8 Å². The van der Waals surface area contributed by atoms with Gasteiger partial charge in [-0.05, 0) is 26.0 Å². The molecule has 0 fully saturated rings. The summed E-state index contributed by atoms with van der Waals surface area (Å²) in [6, 6.07) is 1.46. The summed E-state index contributed by atoms with van der Waals surface area (Å²) in [5.74, 6) is -2.83. The molecule has 1 aromatic carbocycles. The molecule has 0 aliphatic carbocycles. The van der Waals surface area contributed by atoms with Gasteiger partial charge in [0.2, 0.25) is 0 Å². The SMILES string of the molecule is CC(C)N(CC(=O)O)C(=O)Nc1cc(F)cc(F)c1. The number of carboxylic acid groups (broad SMARTS) is 1. The molecule has 0 unspecified atom stereocenters. The van der Waals surface area contributed by atoms with E-state index in [9.17, 15) is 18.4 Å². The van der Waals surface area contributed by atoms with E-state index in [1.54, 1.807) is 13.8 Å². The molecule has 5 nitrogen and oxygen atoms in total. The zero-order valence-electron chi connectivity index (χ0n) is 10.5. The highest BCUT2D eigenvalue weighted by Gasteiger charge is 2.20. The fourth-order valence-corrected chi connectivity index (χ4v) is 1.46. The summed E-state index contributed by atoms with van der Waals surface area (Å²) in [7, 11) is 0. The highest BCUT2D eigenvalue weighted by Crippen LogP contribution is 2.14. The number of urea groups is 1. The summed E-state index contributed by atoms with van der Waals surface area (Å²) in [5, 5.41) is 10.9. The Kier molecular flexibility index (Phi) is 4.80. The zero-order chi connectivity index (χ0) is 14.6. The molecule has 0 atom stereocenters. The molecule has 0 aromatic heterocycles. The molecule has 1 aromatic rings. The first-order valence-corrected chi connectivity index (χ1v) is 5.55. The van der Waals surface area contributed by atoms with Crippen molar-refractivity contribution in [3.8, 4) is 0 Å². The van der Waals surface area contributed by atoms with Gasteiger partial charge in [-0.2, -0.15) is 0 Å². The third-order valence-corrected chi connectivity index (χ3v) is 2.30. The maximum absolute atomic E-state index is 12.9. The first-order chi connectivity index (χ1) is 8.79. The van der Waals surface area contributed by atoms with Crippen molar-refractivity contribution in [3.05, 3.63) is 29.8 Å². The Morgan fingerprint density at radius 1 is 1.26 bits per heavy atom. The lowest BCUT2D eigenvalue weighted by Crippen LogP contribution is -2.43. The second kappa shape index (κ2) is 6.12. The van der Waals surface area contributed by atoms with Crippen LogP contribution in [0.5, 0.6) is 0 Å². The lowest BCUT2D eigenvalue weighted by molar-refractivity contribution is -0.137. The average molecular weight is 272 g/mol. The van der Waals surface area contributed by atoms with E-state index in [2.05, 4.69) is 5.32 Å². The number of benzene rings is 1. The average Bonchev–Trinajstić information content (AvgIpc) is 2.23. The van der Waals surface area contributed by atoms with Crippen molar-refractivity contribution in [3.63, 3.8) is 0 Å². The first kappa shape index (κ1) is 14.9. The molecular weight excluding hydrogens is 258 g/mol. The van der Waals surface area contributed by atoms with Crippen molar-refractivity contribution in [1.82, 2.24) is 4.90 Å². The Hall–Kier alpha value is -2.18. The Morgan fingerprint density at radius 3 is 2.21 bits per heavy atom. The molecule has 0 radical (unpaired) electrons. The van der Waals surface area contributed by atoms with Crippen LogP contribution >= 0.6 is 0 Å². The van der Waals surface area contributed by atoms with Crippen LogP contribution in [0, 0.1) is 11.6 Å². The van der Waals surface area contributed by atoms with Gasteiger partial charge in [0, 0.05) is 17.8 Å². The molecule has 19 heavy (non-hydrogen) atoms. The highest BCUT2D eigenvalue weighted by molar-refractivity contribution is 5.91. The standard InChI is InChI=1S/C12H14F2N2O3/c1-7(2)16(6-11(17)18)12(19)15-10-4-8(13)3-9(14)5-10/h3-5,7H,6H2,1-2H3,(H,15,19)(H,17,18). The second-order valence-electron chi connectivity index (χ2n) is 4.20. The van der Waals surface area contributed by atoms with Crippen molar-refractivity contribution < 1.29 is 23.5 Å². The zero-order valence-corrected chi connectivity index (χ0v) is 10.5. The van der Waals surface area contributed by atoms with E-state index in [0.29, 0.717) is 6.07 Å². The Labute approximate surface area is 108 Å². The normalized spacial score (nSPS) is 10.4. The van der Waals surface area contributed by atoms with Gasteiger partial charge in [0.15, 0.2) is 0 Å². The molecule has 0 bridgehead atoms. The largest absolute Gasteiger partial charge is 0.480 e. The molecule has 0 aliphatic rings. The summed E-state index contributed by atoms with van der Waals surface area (Å²) < 4.78 is 25.9. The minimum atomic E-state index is -1.17. The van der Waals surface area contributed by atoms with Crippen molar-refractivity contribution in [2.45, 2.75) is 19.9 Å². The van der Waals surface area contributed by atoms with Crippen LogP contribution in [0.25, 0.3) is 0 Å². The number of halogens is 2. The van der Waals surface area contributed by atoms with E-state index in [1.165, 1.54) is 0 Å². The maximum atomic E-state index is 12.9. The lowest BCUT2D eigenvalue weighted by Gasteiger charge is -2.25. The number of carbonyl (C=O) groups excluding carboxylic acids is 1.